The van der Waals surface area contributed by atoms with Crippen LogP contribution in [0.1, 0.15) is 33.1 Å². The summed E-state index contributed by atoms with van der Waals surface area (Å²) in [7, 11) is 0. The molecule has 108 valence electrons. The predicted octanol–water partition coefficient (Wildman–Crippen LogP) is 3.77. The average molecular weight is 304 g/mol. The van der Waals surface area contributed by atoms with Crippen molar-refractivity contribution in [3.8, 4) is 0 Å². The van der Waals surface area contributed by atoms with Crippen molar-refractivity contribution in [3.63, 3.8) is 0 Å². The van der Waals surface area contributed by atoms with Crippen molar-refractivity contribution < 1.29 is 9.18 Å². The topological polar surface area (TPSA) is 29.1 Å². The fraction of sp³-hybridized carbons (Fsp3) is 0.235. The summed E-state index contributed by atoms with van der Waals surface area (Å²) in [6.07, 6.45) is 0.741. The fourth-order valence-corrected chi connectivity index (χ4v) is 3.18. The molecule has 0 radical (unpaired) electrons. The minimum atomic E-state index is -0.342. The van der Waals surface area contributed by atoms with Crippen molar-refractivity contribution in [2.24, 2.45) is 0 Å². The molecule has 1 aliphatic carbocycles. The molecule has 2 unspecified atom stereocenters. The second kappa shape index (κ2) is 5.49. The van der Waals surface area contributed by atoms with Gasteiger partial charge in [0.2, 0.25) is 0 Å². The van der Waals surface area contributed by atoms with Gasteiger partial charge in [0.25, 0.3) is 5.91 Å². The monoisotopic (exact) mass is 303 g/mol. The van der Waals surface area contributed by atoms with Gasteiger partial charge >= 0.3 is 0 Å². The first-order valence-electron chi connectivity index (χ1n) is 6.85. The van der Waals surface area contributed by atoms with E-state index >= 15 is 0 Å². The lowest BCUT2D eigenvalue weighted by molar-refractivity contribution is 0.0936. The Morgan fingerprint density at radius 1 is 1.29 bits per heavy atom. The van der Waals surface area contributed by atoms with Crippen molar-refractivity contribution in [1.29, 1.82) is 0 Å². The van der Waals surface area contributed by atoms with Gasteiger partial charge in [0.15, 0.2) is 0 Å². The molecule has 0 spiro atoms. The third kappa shape index (κ3) is 2.66. The van der Waals surface area contributed by atoms with Crippen LogP contribution in [0.3, 0.4) is 0 Å². The van der Waals surface area contributed by atoms with Gasteiger partial charge in [-0.1, -0.05) is 24.3 Å². The highest BCUT2D eigenvalue weighted by Crippen LogP contribution is 2.34. The average Bonchev–Trinajstić information content (AvgIpc) is 2.75. The second-order valence-corrected chi connectivity index (χ2v) is 5.89. The zero-order valence-corrected chi connectivity index (χ0v) is 12.3. The Kier molecular flexibility index (Phi) is 3.68. The van der Waals surface area contributed by atoms with Crippen molar-refractivity contribution in [1.82, 2.24) is 5.32 Å². The molecule has 2 nitrogen and oxygen atoms in total. The van der Waals surface area contributed by atoms with Gasteiger partial charge in [0.1, 0.15) is 5.82 Å². The highest BCUT2D eigenvalue weighted by atomic mass is 35.5. The quantitative estimate of drug-likeness (QED) is 0.841. The molecule has 2 aromatic rings. The van der Waals surface area contributed by atoms with E-state index in [2.05, 4.69) is 5.32 Å². The van der Waals surface area contributed by atoms with Crippen LogP contribution >= 0.6 is 11.6 Å². The number of carbonyl (C=O) groups excluding carboxylic acids is 1. The fourth-order valence-electron chi connectivity index (χ4n) is 2.82. The number of benzene rings is 2. The van der Waals surface area contributed by atoms with E-state index in [1.54, 1.807) is 6.92 Å². The molecule has 1 aliphatic rings. The Bertz CT molecular complexity index is 701. The van der Waals surface area contributed by atoms with Gasteiger partial charge in [0.05, 0.1) is 11.4 Å². The van der Waals surface area contributed by atoms with Crippen LogP contribution in [-0.4, -0.2) is 11.3 Å². The third-order valence-corrected chi connectivity index (χ3v) is 4.29. The van der Waals surface area contributed by atoms with E-state index in [-0.39, 0.29) is 23.1 Å². The molecule has 2 atom stereocenters. The Morgan fingerprint density at radius 2 is 2.05 bits per heavy atom. The van der Waals surface area contributed by atoms with Crippen LogP contribution in [0.4, 0.5) is 4.39 Å². The predicted molar refractivity (Wildman–Crippen MR) is 81.1 cm³/mol. The minimum Gasteiger partial charge on any atom is -0.344 e. The van der Waals surface area contributed by atoms with Crippen molar-refractivity contribution in [2.45, 2.75) is 24.8 Å². The maximum absolute atomic E-state index is 13.1. The SMILES string of the molecule is Cc1cc(F)ccc1C(=O)NC1c2ccccc2CC1Cl. The summed E-state index contributed by atoms with van der Waals surface area (Å²) in [5.41, 5.74) is 3.32. The molecule has 0 fully saturated rings. The summed E-state index contributed by atoms with van der Waals surface area (Å²) in [5, 5.41) is 2.81. The Balaban J connectivity index is 1.85. The third-order valence-electron chi connectivity index (χ3n) is 3.89. The molecule has 0 bridgehead atoms. The van der Waals surface area contributed by atoms with E-state index in [0.717, 1.165) is 12.0 Å². The van der Waals surface area contributed by atoms with Crippen molar-refractivity contribution in [3.05, 3.63) is 70.5 Å². The molecule has 21 heavy (non-hydrogen) atoms. The van der Waals surface area contributed by atoms with Gasteiger partial charge < -0.3 is 5.32 Å². The van der Waals surface area contributed by atoms with Crippen LogP contribution in [0.2, 0.25) is 0 Å². The number of amides is 1. The number of hydrogen-bond donors (Lipinski definition) is 1. The van der Waals surface area contributed by atoms with E-state index in [1.807, 2.05) is 24.3 Å². The zero-order chi connectivity index (χ0) is 15.0. The second-order valence-electron chi connectivity index (χ2n) is 5.33. The van der Waals surface area contributed by atoms with Crippen LogP contribution < -0.4 is 5.32 Å². The number of nitrogens with one attached hydrogen (secondary N) is 1. The first kappa shape index (κ1) is 14.1. The van der Waals surface area contributed by atoms with E-state index in [1.165, 1.54) is 23.8 Å². The number of alkyl halides is 1. The van der Waals surface area contributed by atoms with Crippen LogP contribution in [-0.2, 0) is 6.42 Å². The smallest absolute Gasteiger partial charge is 0.252 e. The number of hydrogen-bond acceptors (Lipinski definition) is 1. The summed E-state index contributed by atoms with van der Waals surface area (Å²) in [4.78, 5) is 12.4. The summed E-state index contributed by atoms with van der Waals surface area (Å²) in [6.45, 7) is 1.72. The Morgan fingerprint density at radius 3 is 2.81 bits per heavy atom. The summed E-state index contributed by atoms with van der Waals surface area (Å²) in [5.74, 6) is -0.565. The normalized spacial score (nSPS) is 20.1. The highest BCUT2D eigenvalue weighted by molar-refractivity contribution is 6.21. The Hall–Kier alpha value is -1.87. The molecule has 0 heterocycles. The molecule has 4 heteroatoms. The maximum atomic E-state index is 13.1. The first-order chi connectivity index (χ1) is 10.1. The van der Waals surface area contributed by atoms with Gasteiger partial charge in [-0.3, -0.25) is 4.79 Å². The van der Waals surface area contributed by atoms with Gasteiger partial charge in [-0.15, -0.1) is 11.6 Å². The molecule has 0 aromatic heterocycles. The lowest BCUT2D eigenvalue weighted by atomic mass is 10.1. The first-order valence-corrected chi connectivity index (χ1v) is 7.29. The van der Waals surface area contributed by atoms with E-state index in [0.29, 0.717) is 11.1 Å². The molecule has 0 aliphatic heterocycles. The van der Waals surface area contributed by atoms with Gasteiger partial charge in [0, 0.05) is 5.56 Å². The number of halogens is 2. The lowest BCUT2D eigenvalue weighted by Crippen LogP contribution is -2.32. The summed E-state index contributed by atoms with van der Waals surface area (Å²) in [6, 6.07) is 11.9. The van der Waals surface area contributed by atoms with Crippen LogP contribution in [0.5, 0.6) is 0 Å². The van der Waals surface area contributed by atoms with Crippen molar-refractivity contribution in [2.75, 3.05) is 0 Å². The van der Waals surface area contributed by atoms with Crippen LogP contribution in [0.15, 0.2) is 42.5 Å². The molecular weight excluding hydrogens is 289 g/mol. The van der Waals surface area contributed by atoms with E-state index in [9.17, 15) is 9.18 Å². The van der Waals surface area contributed by atoms with Crippen molar-refractivity contribution >= 4 is 17.5 Å². The molecular formula is C17H15ClFNO. The number of fused-ring (bicyclic) bond motifs is 1. The van der Waals surface area contributed by atoms with Gasteiger partial charge in [-0.05, 0) is 48.2 Å². The summed E-state index contributed by atoms with van der Waals surface area (Å²) < 4.78 is 13.1. The minimum absolute atomic E-state index is 0.160. The molecule has 0 saturated heterocycles. The number of rotatable bonds is 2. The molecule has 0 saturated carbocycles. The molecule has 1 amide bonds. The molecule has 3 rings (SSSR count). The zero-order valence-electron chi connectivity index (χ0n) is 11.6. The standard InChI is InChI=1S/C17H15ClFNO/c1-10-8-12(19)6-7-13(10)17(21)20-16-14-5-3-2-4-11(14)9-15(16)18/h2-8,15-16H,9H2,1H3,(H,20,21). The highest BCUT2D eigenvalue weighted by Gasteiger charge is 2.32. The van der Waals surface area contributed by atoms with Gasteiger partial charge in [-0.25, -0.2) is 4.39 Å². The maximum Gasteiger partial charge on any atom is 0.252 e. The molecule has 2 aromatic carbocycles. The van der Waals surface area contributed by atoms with E-state index in [4.69, 9.17) is 11.6 Å². The Labute approximate surface area is 127 Å². The summed E-state index contributed by atoms with van der Waals surface area (Å²) >= 11 is 6.37. The van der Waals surface area contributed by atoms with E-state index < -0.39 is 0 Å². The lowest BCUT2D eigenvalue weighted by Gasteiger charge is -2.18. The number of aryl methyl sites for hydroxylation is 1. The largest absolute Gasteiger partial charge is 0.344 e. The van der Waals surface area contributed by atoms with Crippen LogP contribution in [0.25, 0.3) is 0 Å². The van der Waals surface area contributed by atoms with Gasteiger partial charge in [-0.2, -0.15) is 0 Å². The number of carbonyl (C=O) groups is 1. The van der Waals surface area contributed by atoms with Crippen LogP contribution in [0, 0.1) is 12.7 Å². The molecule has 1 N–H and O–H groups in total.